The molecule has 1 aliphatic rings. The third-order valence-corrected chi connectivity index (χ3v) is 5.08. The van der Waals surface area contributed by atoms with Gasteiger partial charge in [0.2, 0.25) is 0 Å². The molecule has 3 aromatic rings. The van der Waals surface area contributed by atoms with E-state index >= 15 is 0 Å². The van der Waals surface area contributed by atoms with Crippen molar-refractivity contribution in [2.75, 3.05) is 4.90 Å². The molecule has 1 N–H and O–H groups in total. The van der Waals surface area contributed by atoms with E-state index in [1.165, 1.54) is 11.3 Å². The van der Waals surface area contributed by atoms with Gasteiger partial charge in [-0.25, -0.2) is 4.98 Å². The minimum atomic E-state index is -0.189. The normalized spacial score (nSPS) is 15.5. The standard InChI is InChI=1S/C22H20ClN3O/c1-15-12-17-4-2-3-5-21(17)26(15)19-10-11-20(24-14-19)22(27)25-13-16-6-8-18(23)9-7-16/h2-11,14-15H,12-13H2,1H3,(H,25,27). The molecule has 0 spiro atoms. The van der Waals surface area contributed by atoms with Crippen molar-refractivity contribution >= 4 is 28.9 Å². The number of pyridine rings is 1. The van der Waals surface area contributed by atoms with Crippen LogP contribution >= 0.6 is 11.6 Å². The molecular weight excluding hydrogens is 358 g/mol. The van der Waals surface area contributed by atoms with E-state index < -0.39 is 0 Å². The molecule has 1 atom stereocenters. The molecule has 1 amide bonds. The van der Waals surface area contributed by atoms with E-state index in [1.807, 2.05) is 30.3 Å². The summed E-state index contributed by atoms with van der Waals surface area (Å²) in [6.07, 6.45) is 2.79. The Morgan fingerprint density at radius 2 is 1.93 bits per heavy atom. The molecule has 2 aromatic carbocycles. The van der Waals surface area contributed by atoms with Gasteiger partial charge >= 0.3 is 0 Å². The highest BCUT2D eigenvalue weighted by Gasteiger charge is 2.27. The maximum atomic E-state index is 12.4. The first-order valence-electron chi connectivity index (χ1n) is 8.97. The summed E-state index contributed by atoms with van der Waals surface area (Å²) in [5, 5.41) is 3.57. The summed E-state index contributed by atoms with van der Waals surface area (Å²) in [6.45, 7) is 2.64. The molecule has 4 nitrogen and oxygen atoms in total. The molecule has 0 bridgehead atoms. The van der Waals surface area contributed by atoms with Gasteiger partial charge in [-0.3, -0.25) is 4.79 Å². The minimum absolute atomic E-state index is 0.189. The number of benzene rings is 2. The summed E-state index contributed by atoms with van der Waals surface area (Å²) >= 11 is 5.88. The Kier molecular flexibility index (Phi) is 4.82. The van der Waals surface area contributed by atoms with Crippen LogP contribution in [0.5, 0.6) is 0 Å². The van der Waals surface area contributed by atoms with E-state index in [0.717, 1.165) is 17.7 Å². The predicted octanol–water partition coefficient (Wildman–Crippen LogP) is 4.75. The van der Waals surface area contributed by atoms with Crippen LogP contribution in [-0.2, 0) is 13.0 Å². The first-order chi connectivity index (χ1) is 13.1. The minimum Gasteiger partial charge on any atom is -0.347 e. The van der Waals surface area contributed by atoms with Crippen molar-refractivity contribution in [3.05, 3.63) is 88.7 Å². The van der Waals surface area contributed by atoms with Crippen LogP contribution in [0.1, 0.15) is 28.5 Å². The Bertz CT molecular complexity index is 954. The molecule has 0 aliphatic carbocycles. The van der Waals surface area contributed by atoms with Gasteiger partial charge in [0, 0.05) is 23.3 Å². The second-order valence-electron chi connectivity index (χ2n) is 6.76. The van der Waals surface area contributed by atoms with Crippen LogP contribution < -0.4 is 10.2 Å². The molecule has 136 valence electrons. The lowest BCUT2D eigenvalue weighted by atomic mass is 10.1. The molecule has 2 heterocycles. The van der Waals surface area contributed by atoms with Gasteiger partial charge in [-0.2, -0.15) is 0 Å². The summed E-state index contributed by atoms with van der Waals surface area (Å²) in [4.78, 5) is 19.0. The van der Waals surface area contributed by atoms with Crippen LogP contribution in [0.3, 0.4) is 0 Å². The number of fused-ring (bicyclic) bond motifs is 1. The summed E-state index contributed by atoms with van der Waals surface area (Å²) < 4.78 is 0. The molecule has 0 saturated heterocycles. The van der Waals surface area contributed by atoms with Gasteiger partial charge in [-0.15, -0.1) is 0 Å². The Balaban J connectivity index is 1.46. The third-order valence-electron chi connectivity index (χ3n) is 4.83. The summed E-state index contributed by atoms with van der Waals surface area (Å²) in [5.41, 5.74) is 4.96. The van der Waals surface area contributed by atoms with Crippen LogP contribution in [-0.4, -0.2) is 16.9 Å². The van der Waals surface area contributed by atoms with Crippen LogP contribution in [0, 0.1) is 0 Å². The Morgan fingerprint density at radius 1 is 1.15 bits per heavy atom. The molecule has 0 radical (unpaired) electrons. The number of nitrogens with one attached hydrogen (secondary N) is 1. The fraction of sp³-hybridized carbons (Fsp3) is 0.182. The average molecular weight is 378 g/mol. The van der Waals surface area contributed by atoms with Gasteiger partial charge in [-0.05, 0) is 54.8 Å². The number of hydrogen-bond acceptors (Lipinski definition) is 3. The monoisotopic (exact) mass is 377 g/mol. The van der Waals surface area contributed by atoms with Gasteiger partial charge in [0.1, 0.15) is 5.69 Å². The molecular formula is C22H20ClN3O. The van der Waals surface area contributed by atoms with Crippen molar-refractivity contribution in [3.8, 4) is 0 Å². The van der Waals surface area contributed by atoms with Gasteiger partial charge in [0.15, 0.2) is 0 Å². The molecule has 0 fully saturated rings. The number of aromatic nitrogens is 1. The maximum absolute atomic E-state index is 12.4. The molecule has 4 rings (SSSR count). The third kappa shape index (κ3) is 3.67. The lowest BCUT2D eigenvalue weighted by Gasteiger charge is -2.24. The lowest BCUT2D eigenvalue weighted by Crippen LogP contribution is -2.25. The molecule has 1 unspecified atom stereocenters. The zero-order valence-corrected chi connectivity index (χ0v) is 15.8. The number of rotatable bonds is 4. The van der Waals surface area contributed by atoms with E-state index in [0.29, 0.717) is 23.3 Å². The van der Waals surface area contributed by atoms with Crippen LogP contribution in [0.2, 0.25) is 5.02 Å². The van der Waals surface area contributed by atoms with Gasteiger partial charge in [-0.1, -0.05) is 41.9 Å². The van der Waals surface area contributed by atoms with Gasteiger partial charge in [0.25, 0.3) is 5.91 Å². The van der Waals surface area contributed by atoms with Crippen molar-refractivity contribution in [1.29, 1.82) is 0 Å². The average Bonchev–Trinajstić information content (AvgIpc) is 3.03. The van der Waals surface area contributed by atoms with Crippen molar-refractivity contribution in [3.63, 3.8) is 0 Å². The van der Waals surface area contributed by atoms with Crippen molar-refractivity contribution < 1.29 is 4.79 Å². The number of halogens is 1. The zero-order chi connectivity index (χ0) is 18.8. The maximum Gasteiger partial charge on any atom is 0.270 e. The fourth-order valence-corrected chi connectivity index (χ4v) is 3.62. The van der Waals surface area contributed by atoms with Crippen LogP contribution in [0.4, 0.5) is 11.4 Å². The highest BCUT2D eigenvalue weighted by molar-refractivity contribution is 6.30. The first kappa shape index (κ1) is 17.6. The Labute approximate surface area is 163 Å². The van der Waals surface area contributed by atoms with Crippen molar-refractivity contribution in [2.24, 2.45) is 0 Å². The summed E-state index contributed by atoms with van der Waals surface area (Å²) in [6, 6.07) is 19.9. The fourth-order valence-electron chi connectivity index (χ4n) is 3.50. The highest BCUT2D eigenvalue weighted by Crippen LogP contribution is 2.37. The number of nitrogens with zero attached hydrogens (tertiary/aromatic N) is 2. The summed E-state index contributed by atoms with van der Waals surface area (Å²) in [7, 11) is 0. The molecule has 1 aromatic heterocycles. The second-order valence-corrected chi connectivity index (χ2v) is 7.20. The molecule has 5 heteroatoms. The van der Waals surface area contributed by atoms with Crippen LogP contribution in [0.15, 0.2) is 66.9 Å². The first-order valence-corrected chi connectivity index (χ1v) is 9.35. The smallest absolute Gasteiger partial charge is 0.270 e. The van der Waals surface area contributed by atoms with E-state index in [4.69, 9.17) is 11.6 Å². The van der Waals surface area contributed by atoms with E-state index in [-0.39, 0.29) is 5.91 Å². The quantitative estimate of drug-likeness (QED) is 0.713. The number of amides is 1. The number of carbonyl (C=O) groups excluding carboxylic acids is 1. The van der Waals surface area contributed by atoms with Crippen LogP contribution in [0.25, 0.3) is 0 Å². The van der Waals surface area contributed by atoms with E-state index in [9.17, 15) is 4.79 Å². The van der Waals surface area contributed by atoms with E-state index in [1.54, 1.807) is 12.3 Å². The molecule has 27 heavy (non-hydrogen) atoms. The van der Waals surface area contributed by atoms with E-state index in [2.05, 4.69) is 46.4 Å². The molecule has 0 saturated carbocycles. The topological polar surface area (TPSA) is 45.2 Å². The zero-order valence-electron chi connectivity index (χ0n) is 15.0. The Hall–Kier alpha value is -2.85. The SMILES string of the molecule is CC1Cc2ccccc2N1c1ccc(C(=O)NCc2ccc(Cl)cc2)nc1. The number of hydrogen-bond donors (Lipinski definition) is 1. The van der Waals surface area contributed by atoms with Crippen molar-refractivity contribution in [2.45, 2.75) is 25.9 Å². The lowest BCUT2D eigenvalue weighted by molar-refractivity contribution is 0.0946. The van der Waals surface area contributed by atoms with Gasteiger partial charge in [0.05, 0.1) is 11.9 Å². The highest BCUT2D eigenvalue weighted by atomic mass is 35.5. The molecule has 1 aliphatic heterocycles. The Morgan fingerprint density at radius 3 is 2.67 bits per heavy atom. The largest absolute Gasteiger partial charge is 0.347 e. The van der Waals surface area contributed by atoms with Crippen molar-refractivity contribution in [1.82, 2.24) is 10.3 Å². The number of anilines is 2. The predicted molar refractivity (Wildman–Crippen MR) is 109 cm³/mol. The summed E-state index contributed by atoms with van der Waals surface area (Å²) in [5.74, 6) is -0.189. The van der Waals surface area contributed by atoms with Gasteiger partial charge < -0.3 is 10.2 Å². The second kappa shape index (κ2) is 7.41. The number of carbonyl (C=O) groups is 1. The number of para-hydroxylation sites is 1.